The quantitative estimate of drug-likeness (QED) is 0.722. The van der Waals surface area contributed by atoms with Crippen LogP contribution >= 0.6 is 0 Å². The van der Waals surface area contributed by atoms with Crippen molar-refractivity contribution in [2.24, 2.45) is 17.3 Å². The Morgan fingerprint density at radius 2 is 1.91 bits per heavy atom. The Hall–Kier alpha value is -1.10. The van der Waals surface area contributed by atoms with E-state index in [0.717, 1.165) is 6.42 Å². The van der Waals surface area contributed by atoms with Crippen molar-refractivity contribution in [3.05, 3.63) is 0 Å². The Labute approximate surface area is 133 Å². The van der Waals surface area contributed by atoms with Crippen LogP contribution in [-0.2, 0) is 14.3 Å². The first-order valence-corrected chi connectivity index (χ1v) is 8.22. The number of carboxylic acids is 1. The number of carboxylic acid groups (broad SMARTS) is 1. The summed E-state index contributed by atoms with van der Waals surface area (Å²) in [6.45, 7) is 12.4. The number of aliphatic carboxylic acids is 1. The number of nitrogens with one attached hydrogen (secondary N) is 1. The number of amides is 1. The van der Waals surface area contributed by atoms with Gasteiger partial charge in [0.05, 0.1) is 6.10 Å². The molecule has 1 saturated carbocycles. The molecule has 1 amide bonds. The fourth-order valence-corrected chi connectivity index (χ4v) is 3.53. The molecule has 5 heteroatoms. The summed E-state index contributed by atoms with van der Waals surface area (Å²) in [4.78, 5) is 24.1. The molecule has 0 aromatic carbocycles. The van der Waals surface area contributed by atoms with Gasteiger partial charge in [0.1, 0.15) is 5.54 Å². The van der Waals surface area contributed by atoms with E-state index in [1.807, 2.05) is 27.7 Å². The van der Waals surface area contributed by atoms with E-state index in [9.17, 15) is 14.7 Å². The second-order valence-electron chi connectivity index (χ2n) is 7.57. The topological polar surface area (TPSA) is 75.6 Å². The number of rotatable bonds is 8. The van der Waals surface area contributed by atoms with Crippen LogP contribution in [-0.4, -0.2) is 35.2 Å². The summed E-state index contributed by atoms with van der Waals surface area (Å²) in [7, 11) is 0. The summed E-state index contributed by atoms with van der Waals surface area (Å²) in [5.74, 6) is -0.382. The summed E-state index contributed by atoms with van der Waals surface area (Å²) in [5, 5.41) is 12.5. The van der Waals surface area contributed by atoms with E-state index in [4.69, 9.17) is 4.74 Å². The van der Waals surface area contributed by atoms with Crippen LogP contribution in [0.15, 0.2) is 0 Å². The van der Waals surface area contributed by atoms with Gasteiger partial charge in [-0.15, -0.1) is 0 Å². The molecule has 3 atom stereocenters. The van der Waals surface area contributed by atoms with Gasteiger partial charge in [-0.3, -0.25) is 4.79 Å². The van der Waals surface area contributed by atoms with Gasteiger partial charge in [-0.05, 0) is 25.2 Å². The molecule has 1 fully saturated rings. The largest absolute Gasteiger partial charge is 0.479 e. The van der Waals surface area contributed by atoms with Crippen LogP contribution in [0.3, 0.4) is 0 Å². The Kier molecular flexibility index (Phi) is 6.02. The maximum atomic E-state index is 12.3. The monoisotopic (exact) mass is 313 g/mol. The van der Waals surface area contributed by atoms with E-state index in [1.54, 1.807) is 0 Å². The maximum absolute atomic E-state index is 12.3. The molecule has 0 aliphatic heterocycles. The van der Waals surface area contributed by atoms with Crippen molar-refractivity contribution < 1.29 is 19.4 Å². The molecular weight excluding hydrogens is 282 g/mol. The van der Waals surface area contributed by atoms with Gasteiger partial charge in [-0.2, -0.15) is 0 Å². The molecule has 128 valence electrons. The molecule has 0 spiro atoms. The van der Waals surface area contributed by atoms with E-state index in [2.05, 4.69) is 19.2 Å². The van der Waals surface area contributed by atoms with Gasteiger partial charge in [0, 0.05) is 24.9 Å². The zero-order valence-electron chi connectivity index (χ0n) is 14.7. The number of carbonyl (C=O) groups is 2. The predicted octanol–water partition coefficient (Wildman–Crippen LogP) is 2.83. The van der Waals surface area contributed by atoms with Gasteiger partial charge in [0.2, 0.25) is 5.91 Å². The lowest BCUT2D eigenvalue weighted by Gasteiger charge is -2.58. The van der Waals surface area contributed by atoms with Gasteiger partial charge in [0.15, 0.2) is 0 Å². The molecule has 0 saturated heterocycles. The van der Waals surface area contributed by atoms with Crippen LogP contribution < -0.4 is 5.32 Å². The van der Waals surface area contributed by atoms with Crippen molar-refractivity contribution in [2.75, 3.05) is 6.61 Å². The zero-order valence-corrected chi connectivity index (χ0v) is 14.7. The minimum atomic E-state index is -1.22. The van der Waals surface area contributed by atoms with Crippen molar-refractivity contribution in [3.8, 4) is 0 Å². The third-order valence-electron chi connectivity index (χ3n) is 4.89. The van der Waals surface area contributed by atoms with Crippen molar-refractivity contribution in [1.82, 2.24) is 5.32 Å². The molecule has 0 aromatic rings. The fourth-order valence-electron chi connectivity index (χ4n) is 3.53. The molecule has 0 radical (unpaired) electrons. The second-order valence-corrected chi connectivity index (χ2v) is 7.57. The van der Waals surface area contributed by atoms with Gasteiger partial charge in [0.25, 0.3) is 0 Å². The zero-order chi connectivity index (χ0) is 17.1. The minimum absolute atomic E-state index is 0.137. The Morgan fingerprint density at radius 3 is 2.32 bits per heavy atom. The van der Waals surface area contributed by atoms with Gasteiger partial charge < -0.3 is 15.2 Å². The first-order valence-electron chi connectivity index (χ1n) is 8.22. The third kappa shape index (κ3) is 3.62. The van der Waals surface area contributed by atoms with E-state index in [1.165, 1.54) is 0 Å². The van der Waals surface area contributed by atoms with E-state index >= 15 is 0 Å². The maximum Gasteiger partial charge on any atom is 0.330 e. The van der Waals surface area contributed by atoms with E-state index in [0.29, 0.717) is 25.4 Å². The fraction of sp³-hybridized carbons (Fsp3) is 0.882. The number of carbonyl (C=O) groups excluding carboxylic acids is 1. The summed E-state index contributed by atoms with van der Waals surface area (Å²) in [6, 6.07) is 0. The molecule has 5 nitrogen and oxygen atoms in total. The predicted molar refractivity (Wildman–Crippen MR) is 85.6 cm³/mol. The molecular formula is C17H31NO4. The van der Waals surface area contributed by atoms with Crippen LogP contribution in [0.4, 0.5) is 0 Å². The lowest BCUT2D eigenvalue weighted by Crippen LogP contribution is -2.76. The highest BCUT2D eigenvalue weighted by Gasteiger charge is 2.66. The molecule has 1 aliphatic carbocycles. The molecule has 3 unspecified atom stereocenters. The minimum Gasteiger partial charge on any atom is -0.479 e. The number of hydrogen-bond donors (Lipinski definition) is 2. The molecule has 0 aromatic heterocycles. The molecule has 22 heavy (non-hydrogen) atoms. The van der Waals surface area contributed by atoms with E-state index < -0.39 is 16.9 Å². The molecule has 0 bridgehead atoms. The van der Waals surface area contributed by atoms with Crippen molar-refractivity contribution in [1.29, 1.82) is 0 Å². The molecule has 1 rings (SSSR count). The Balaban J connectivity index is 2.74. The lowest BCUT2D eigenvalue weighted by molar-refractivity contribution is -0.194. The lowest BCUT2D eigenvalue weighted by atomic mass is 9.54. The van der Waals surface area contributed by atoms with Crippen LogP contribution in [0.25, 0.3) is 0 Å². The number of hydrogen-bond acceptors (Lipinski definition) is 3. The summed E-state index contributed by atoms with van der Waals surface area (Å²) in [5.41, 5.74) is -1.84. The SMILES string of the molecule is CCOC1CC(NC(=O)CC(C)CC(C)C)(C(=O)O)C1(C)C. The summed E-state index contributed by atoms with van der Waals surface area (Å²) >= 11 is 0. The van der Waals surface area contributed by atoms with Crippen LogP contribution in [0.1, 0.15) is 60.8 Å². The van der Waals surface area contributed by atoms with Crippen LogP contribution in [0, 0.1) is 17.3 Å². The average Bonchev–Trinajstić information content (AvgIpc) is 2.35. The van der Waals surface area contributed by atoms with Crippen LogP contribution in [0.2, 0.25) is 0 Å². The Morgan fingerprint density at radius 1 is 1.32 bits per heavy atom. The highest BCUT2D eigenvalue weighted by molar-refractivity contribution is 5.89. The Bertz CT molecular complexity index is 419. The highest BCUT2D eigenvalue weighted by atomic mass is 16.5. The van der Waals surface area contributed by atoms with Gasteiger partial charge >= 0.3 is 5.97 Å². The third-order valence-corrected chi connectivity index (χ3v) is 4.89. The highest BCUT2D eigenvalue weighted by Crippen LogP contribution is 2.51. The second kappa shape index (κ2) is 6.99. The summed E-state index contributed by atoms with van der Waals surface area (Å²) in [6.07, 6.45) is 1.51. The van der Waals surface area contributed by atoms with Gasteiger partial charge in [-0.25, -0.2) is 4.79 Å². The normalized spacial score (nSPS) is 28.0. The number of ether oxygens (including phenoxy) is 1. The van der Waals surface area contributed by atoms with Crippen molar-refractivity contribution in [2.45, 2.75) is 72.4 Å². The first-order chi connectivity index (χ1) is 10.1. The van der Waals surface area contributed by atoms with Gasteiger partial charge in [-0.1, -0.05) is 34.6 Å². The molecule has 2 N–H and O–H groups in total. The first kappa shape index (κ1) is 18.9. The van der Waals surface area contributed by atoms with E-state index in [-0.39, 0.29) is 17.9 Å². The standard InChI is InChI=1S/C17H31NO4/c1-7-22-13-10-17(15(20)21,16(13,5)6)18-14(19)9-12(4)8-11(2)3/h11-13H,7-10H2,1-6H3,(H,18,19)(H,20,21). The average molecular weight is 313 g/mol. The molecule has 1 aliphatic rings. The van der Waals surface area contributed by atoms with Crippen molar-refractivity contribution in [3.63, 3.8) is 0 Å². The van der Waals surface area contributed by atoms with Crippen LogP contribution in [0.5, 0.6) is 0 Å². The summed E-state index contributed by atoms with van der Waals surface area (Å²) < 4.78 is 5.60. The van der Waals surface area contributed by atoms with Crippen molar-refractivity contribution >= 4 is 11.9 Å². The smallest absolute Gasteiger partial charge is 0.330 e. The molecule has 0 heterocycles.